The molecule has 3 rings (SSSR count). The van der Waals surface area contributed by atoms with E-state index in [1.807, 2.05) is 7.05 Å². The fourth-order valence-corrected chi connectivity index (χ4v) is 4.33. The first-order valence-electron chi connectivity index (χ1n) is 10.4. The Morgan fingerprint density at radius 3 is 2.33 bits per heavy atom. The van der Waals surface area contributed by atoms with Gasteiger partial charge in [0.1, 0.15) is 0 Å². The van der Waals surface area contributed by atoms with Crippen LogP contribution in [0.5, 0.6) is 0 Å². The summed E-state index contributed by atoms with van der Waals surface area (Å²) in [6.45, 7) is 7.78. The number of benzene rings is 1. The van der Waals surface area contributed by atoms with E-state index < -0.39 is 0 Å². The molecule has 1 aromatic carbocycles. The lowest BCUT2D eigenvalue weighted by atomic mass is 10.00. The molecule has 1 aliphatic carbocycles. The van der Waals surface area contributed by atoms with Crippen molar-refractivity contribution in [2.24, 2.45) is 4.99 Å². The molecule has 0 radical (unpaired) electrons. The second-order valence-corrected chi connectivity index (χ2v) is 8.16. The number of guanidine groups is 1. The molecule has 1 aromatic rings. The Labute approximate surface area is 182 Å². The zero-order chi connectivity index (χ0) is 18.4. The largest absolute Gasteiger partial charge is 0.356 e. The van der Waals surface area contributed by atoms with Gasteiger partial charge in [-0.3, -0.25) is 4.99 Å². The first-order chi connectivity index (χ1) is 12.7. The van der Waals surface area contributed by atoms with Gasteiger partial charge in [0.2, 0.25) is 0 Å². The Morgan fingerprint density at radius 1 is 1.11 bits per heavy atom. The van der Waals surface area contributed by atoms with Crippen molar-refractivity contribution in [3.05, 3.63) is 35.4 Å². The zero-order valence-electron chi connectivity index (χ0n) is 17.2. The van der Waals surface area contributed by atoms with E-state index in [4.69, 9.17) is 0 Å². The summed E-state index contributed by atoms with van der Waals surface area (Å²) < 4.78 is 0. The molecule has 0 spiro atoms. The van der Waals surface area contributed by atoms with Crippen molar-refractivity contribution in [1.29, 1.82) is 0 Å². The van der Waals surface area contributed by atoms with Gasteiger partial charge in [-0.2, -0.15) is 0 Å². The van der Waals surface area contributed by atoms with Crippen LogP contribution in [0.3, 0.4) is 0 Å². The molecule has 152 valence electrons. The Balaban J connectivity index is 0.00000261. The van der Waals surface area contributed by atoms with Gasteiger partial charge < -0.3 is 15.5 Å². The van der Waals surface area contributed by atoms with E-state index in [9.17, 15) is 0 Å². The van der Waals surface area contributed by atoms with Gasteiger partial charge in [-0.15, -0.1) is 24.0 Å². The Bertz CT molecular complexity index is 572. The summed E-state index contributed by atoms with van der Waals surface area (Å²) in [6.07, 6.45) is 8.14. The lowest BCUT2D eigenvalue weighted by Crippen LogP contribution is -2.50. The van der Waals surface area contributed by atoms with Gasteiger partial charge in [-0.05, 0) is 44.1 Å². The van der Waals surface area contributed by atoms with Crippen molar-refractivity contribution in [3.63, 3.8) is 0 Å². The zero-order valence-corrected chi connectivity index (χ0v) is 19.5. The third-order valence-corrected chi connectivity index (χ3v) is 6.16. The molecule has 27 heavy (non-hydrogen) atoms. The van der Waals surface area contributed by atoms with E-state index >= 15 is 0 Å². The minimum Gasteiger partial charge on any atom is -0.356 e. The number of likely N-dealkylation sites (tertiary alicyclic amines) is 1. The first-order valence-corrected chi connectivity index (χ1v) is 10.4. The molecule has 1 heterocycles. The van der Waals surface area contributed by atoms with E-state index in [1.165, 1.54) is 62.7 Å². The summed E-state index contributed by atoms with van der Waals surface area (Å²) in [4.78, 5) is 7.16. The topological polar surface area (TPSA) is 39.7 Å². The lowest BCUT2D eigenvalue weighted by Gasteiger charge is -2.36. The van der Waals surface area contributed by atoms with Gasteiger partial charge in [0.25, 0.3) is 0 Å². The number of piperidine rings is 1. The predicted molar refractivity (Wildman–Crippen MR) is 126 cm³/mol. The van der Waals surface area contributed by atoms with Gasteiger partial charge in [-0.1, -0.05) is 49.6 Å². The molecule has 4 nitrogen and oxygen atoms in total. The summed E-state index contributed by atoms with van der Waals surface area (Å²) >= 11 is 0. The maximum Gasteiger partial charge on any atom is 0.191 e. The smallest absolute Gasteiger partial charge is 0.191 e. The summed E-state index contributed by atoms with van der Waals surface area (Å²) in [6, 6.07) is 10.3. The van der Waals surface area contributed by atoms with Gasteiger partial charge in [-0.25, -0.2) is 0 Å². The lowest BCUT2D eigenvalue weighted by molar-refractivity contribution is 0.150. The molecule has 1 unspecified atom stereocenters. The van der Waals surface area contributed by atoms with Crippen LogP contribution in [-0.4, -0.2) is 49.6 Å². The molecular formula is C22H37IN4. The van der Waals surface area contributed by atoms with Crippen LogP contribution in [0.15, 0.2) is 29.3 Å². The van der Waals surface area contributed by atoms with Crippen molar-refractivity contribution < 1.29 is 0 Å². The Morgan fingerprint density at radius 2 is 1.74 bits per heavy atom. The number of hydrogen-bond acceptors (Lipinski definition) is 2. The standard InChI is InChI=1S/C22H36N4.HI/c1-17-8-10-19(11-9-17)18(2)16-24-22(23-3)25-20-12-14-26(15-13-20)21-6-4-5-7-21;/h8-11,18,20-21H,4-7,12-16H2,1-3H3,(H2,23,24,25);1H. The van der Waals surface area contributed by atoms with Gasteiger partial charge in [0, 0.05) is 38.8 Å². The average molecular weight is 484 g/mol. The highest BCUT2D eigenvalue weighted by Crippen LogP contribution is 2.26. The minimum absolute atomic E-state index is 0. The molecule has 2 aliphatic rings. The van der Waals surface area contributed by atoms with Crippen molar-refractivity contribution in [1.82, 2.24) is 15.5 Å². The highest BCUT2D eigenvalue weighted by atomic mass is 127. The van der Waals surface area contributed by atoms with E-state index in [0.29, 0.717) is 12.0 Å². The maximum absolute atomic E-state index is 4.44. The summed E-state index contributed by atoms with van der Waals surface area (Å²) in [5.41, 5.74) is 2.69. The van der Waals surface area contributed by atoms with Crippen LogP contribution >= 0.6 is 24.0 Å². The number of nitrogens with one attached hydrogen (secondary N) is 2. The molecule has 1 aliphatic heterocycles. The average Bonchev–Trinajstić information content (AvgIpc) is 3.20. The van der Waals surface area contributed by atoms with Crippen molar-refractivity contribution in [3.8, 4) is 0 Å². The number of rotatable bonds is 5. The first kappa shape index (κ1) is 22.5. The Kier molecular flexibility index (Phi) is 9.36. The van der Waals surface area contributed by atoms with Crippen molar-refractivity contribution in [2.45, 2.75) is 70.4 Å². The van der Waals surface area contributed by atoms with Crippen LogP contribution in [0.2, 0.25) is 0 Å². The quantitative estimate of drug-likeness (QED) is 0.372. The normalized spacial score (nSPS) is 20.9. The minimum atomic E-state index is 0. The molecule has 1 atom stereocenters. The number of aryl methyl sites for hydroxylation is 1. The third-order valence-electron chi connectivity index (χ3n) is 6.16. The third kappa shape index (κ3) is 6.63. The van der Waals surface area contributed by atoms with Gasteiger partial charge in [0.05, 0.1) is 0 Å². The van der Waals surface area contributed by atoms with Crippen LogP contribution in [0, 0.1) is 6.92 Å². The second kappa shape index (κ2) is 11.2. The maximum atomic E-state index is 4.44. The molecule has 0 bridgehead atoms. The van der Waals surface area contributed by atoms with Gasteiger partial charge in [0.15, 0.2) is 5.96 Å². The number of halogens is 1. The number of hydrogen-bond donors (Lipinski definition) is 2. The summed E-state index contributed by atoms with van der Waals surface area (Å²) in [7, 11) is 1.87. The SMILES string of the molecule is CN=C(NCC(C)c1ccc(C)cc1)NC1CCN(C2CCCC2)CC1.I. The summed E-state index contributed by atoms with van der Waals surface area (Å²) in [5, 5.41) is 7.17. The van der Waals surface area contributed by atoms with E-state index in [2.05, 4.69) is 58.6 Å². The fraction of sp³-hybridized carbons (Fsp3) is 0.682. The molecule has 1 saturated heterocycles. The van der Waals surface area contributed by atoms with Crippen molar-refractivity contribution in [2.75, 3.05) is 26.7 Å². The van der Waals surface area contributed by atoms with Crippen LogP contribution in [0.25, 0.3) is 0 Å². The van der Waals surface area contributed by atoms with Gasteiger partial charge >= 0.3 is 0 Å². The second-order valence-electron chi connectivity index (χ2n) is 8.16. The van der Waals surface area contributed by atoms with Crippen molar-refractivity contribution >= 4 is 29.9 Å². The molecule has 0 aromatic heterocycles. The fourth-order valence-electron chi connectivity index (χ4n) is 4.33. The molecule has 1 saturated carbocycles. The molecular weight excluding hydrogens is 447 g/mol. The highest BCUT2D eigenvalue weighted by Gasteiger charge is 2.27. The number of aliphatic imine (C=N–C) groups is 1. The van der Waals surface area contributed by atoms with Crippen LogP contribution < -0.4 is 10.6 Å². The van der Waals surface area contributed by atoms with E-state index in [0.717, 1.165) is 18.5 Å². The van der Waals surface area contributed by atoms with Crippen LogP contribution in [0.1, 0.15) is 62.5 Å². The predicted octanol–water partition coefficient (Wildman–Crippen LogP) is 4.29. The Hall–Kier alpha value is -0.820. The number of nitrogens with zero attached hydrogens (tertiary/aromatic N) is 2. The molecule has 2 fully saturated rings. The van der Waals surface area contributed by atoms with Crippen LogP contribution in [0.4, 0.5) is 0 Å². The molecule has 2 N–H and O–H groups in total. The van der Waals surface area contributed by atoms with E-state index in [1.54, 1.807) is 0 Å². The summed E-state index contributed by atoms with van der Waals surface area (Å²) in [5.74, 6) is 1.42. The molecule has 0 amide bonds. The highest BCUT2D eigenvalue weighted by molar-refractivity contribution is 14.0. The monoisotopic (exact) mass is 484 g/mol. The van der Waals surface area contributed by atoms with E-state index in [-0.39, 0.29) is 24.0 Å². The molecule has 5 heteroatoms. The van der Waals surface area contributed by atoms with Crippen LogP contribution in [-0.2, 0) is 0 Å².